The summed E-state index contributed by atoms with van der Waals surface area (Å²) in [6.07, 6.45) is 11.3. The molecule has 0 saturated heterocycles. The van der Waals surface area contributed by atoms with Gasteiger partial charge in [0, 0.05) is 30.1 Å². The van der Waals surface area contributed by atoms with E-state index in [1.54, 1.807) is 0 Å². The summed E-state index contributed by atoms with van der Waals surface area (Å²) < 4.78 is 5.95. The van der Waals surface area contributed by atoms with Crippen molar-refractivity contribution in [1.29, 1.82) is 0 Å². The highest BCUT2D eigenvalue weighted by molar-refractivity contribution is 5.86. The first-order valence-corrected chi connectivity index (χ1v) is 14.1. The minimum Gasteiger partial charge on any atom is -0.481 e. The van der Waals surface area contributed by atoms with E-state index in [2.05, 4.69) is 52.8 Å². The fourth-order valence-electron chi connectivity index (χ4n) is 8.93. The highest BCUT2D eigenvalue weighted by Crippen LogP contribution is 2.72. The molecule has 7 atom stereocenters. The van der Waals surface area contributed by atoms with E-state index >= 15 is 0 Å². The molecule has 0 bridgehead atoms. The normalized spacial score (nSPS) is 38.8. The lowest BCUT2D eigenvalue weighted by Gasteiger charge is -2.59. The number of fused-ring (bicyclic) bond motifs is 5. The zero-order valence-electron chi connectivity index (χ0n) is 24.1. The largest absolute Gasteiger partial charge is 0.481 e. The van der Waals surface area contributed by atoms with E-state index in [0.29, 0.717) is 31.5 Å². The van der Waals surface area contributed by atoms with Gasteiger partial charge in [0.05, 0.1) is 5.92 Å². The van der Waals surface area contributed by atoms with Crippen molar-refractivity contribution in [3.05, 3.63) is 34.9 Å². The Labute approximate surface area is 222 Å². The molecule has 0 amide bonds. The molecule has 4 aliphatic carbocycles. The van der Waals surface area contributed by atoms with Gasteiger partial charge in [-0.15, -0.1) is 0 Å². The molecule has 4 rings (SSSR count). The predicted molar refractivity (Wildman–Crippen MR) is 145 cm³/mol. The zero-order valence-corrected chi connectivity index (χ0v) is 24.1. The van der Waals surface area contributed by atoms with Crippen molar-refractivity contribution in [2.75, 3.05) is 0 Å². The number of carboxylic acids is 1. The van der Waals surface area contributed by atoms with Gasteiger partial charge in [-0.3, -0.25) is 14.4 Å². The maximum atomic E-state index is 12.9. The van der Waals surface area contributed by atoms with Crippen molar-refractivity contribution in [2.24, 2.45) is 39.4 Å². The molecule has 0 radical (unpaired) electrons. The van der Waals surface area contributed by atoms with Crippen LogP contribution in [0.5, 0.6) is 0 Å². The zero-order chi connectivity index (χ0) is 27.6. The number of rotatable bonds is 6. The minimum atomic E-state index is -0.804. The summed E-state index contributed by atoms with van der Waals surface area (Å²) >= 11 is 0. The van der Waals surface area contributed by atoms with Crippen LogP contribution >= 0.6 is 0 Å². The number of carboxylic acid groups (broad SMARTS) is 1. The first-order valence-electron chi connectivity index (χ1n) is 14.1. The van der Waals surface area contributed by atoms with Crippen LogP contribution in [-0.2, 0) is 19.1 Å². The number of esters is 1. The standard InChI is InChI=1S/C32H46O5/c1-19(2)10-9-11-21(28(35)36)27-24(37-20(3)33)18-32(8)23-12-13-25-29(4,5)26(34)15-16-30(25,6)22(23)14-17-31(27,32)7/h10,12,14,21,24-25,27H,9,11,13,15-18H2,1-8H3,(H,35,36)/t21-,24-,25+,27+,30-,31-,32+/m1/s1. The number of hydrogen-bond donors (Lipinski definition) is 1. The molecule has 5 nitrogen and oxygen atoms in total. The lowest BCUT2D eigenvalue weighted by atomic mass is 9.44. The summed E-state index contributed by atoms with van der Waals surface area (Å²) in [5.41, 5.74) is 2.70. The van der Waals surface area contributed by atoms with Crippen LogP contribution in [0.25, 0.3) is 0 Å². The van der Waals surface area contributed by atoms with Gasteiger partial charge in [0.2, 0.25) is 0 Å². The highest BCUT2D eigenvalue weighted by atomic mass is 16.5. The molecule has 0 spiro atoms. The van der Waals surface area contributed by atoms with E-state index in [-0.39, 0.29) is 39.5 Å². The minimum absolute atomic E-state index is 0.0868. The molecule has 204 valence electrons. The van der Waals surface area contributed by atoms with E-state index in [9.17, 15) is 19.5 Å². The molecular weight excluding hydrogens is 464 g/mol. The van der Waals surface area contributed by atoms with Crippen LogP contribution in [0.4, 0.5) is 0 Å². The summed E-state index contributed by atoms with van der Waals surface area (Å²) in [5.74, 6) is -1.42. The average Bonchev–Trinajstić information content (AvgIpc) is 3.00. The number of ketones is 1. The summed E-state index contributed by atoms with van der Waals surface area (Å²) in [6, 6.07) is 0. The van der Waals surface area contributed by atoms with Gasteiger partial charge < -0.3 is 9.84 Å². The van der Waals surface area contributed by atoms with Gasteiger partial charge in [-0.1, -0.05) is 58.4 Å². The van der Waals surface area contributed by atoms with Crippen molar-refractivity contribution < 1.29 is 24.2 Å². The number of hydrogen-bond acceptors (Lipinski definition) is 4. The molecule has 37 heavy (non-hydrogen) atoms. The third-order valence-corrected chi connectivity index (χ3v) is 11.1. The van der Waals surface area contributed by atoms with Gasteiger partial charge in [-0.05, 0) is 80.3 Å². The molecule has 2 fully saturated rings. The second kappa shape index (κ2) is 9.24. The fourth-order valence-corrected chi connectivity index (χ4v) is 8.93. The molecule has 0 unspecified atom stereocenters. The number of Topliss-reactive ketones (excluding diaryl/α,β-unsaturated/α-hetero) is 1. The van der Waals surface area contributed by atoms with E-state index < -0.39 is 18.0 Å². The van der Waals surface area contributed by atoms with Gasteiger partial charge in [-0.2, -0.15) is 0 Å². The molecule has 0 aromatic carbocycles. The second-order valence-electron chi connectivity index (χ2n) is 13.7. The van der Waals surface area contributed by atoms with Crippen LogP contribution in [0.15, 0.2) is 34.9 Å². The van der Waals surface area contributed by atoms with Crippen LogP contribution in [0, 0.1) is 39.4 Å². The highest BCUT2D eigenvalue weighted by Gasteiger charge is 2.67. The Balaban J connectivity index is 1.80. The van der Waals surface area contributed by atoms with E-state index in [4.69, 9.17) is 4.74 Å². The summed E-state index contributed by atoms with van der Waals surface area (Å²) in [5, 5.41) is 10.4. The number of carbonyl (C=O) groups is 3. The molecule has 0 aliphatic heterocycles. The van der Waals surface area contributed by atoms with Gasteiger partial charge in [0.25, 0.3) is 0 Å². The second-order valence-corrected chi connectivity index (χ2v) is 13.7. The number of allylic oxidation sites excluding steroid dienone is 6. The Morgan fingerprint density at radius 1 is 1.11 bits per heavy atom. The van der Waals surface area contributed by atoms with Crippen molar-refractivity contribution >= 4 is 17.7 Å². The fraction of sp³-hybridized carbons (Fsp3) is 0.719. The Hall–Kier alpha value is -2.17. The smallest absolute Gasteiger partial charge is 0.306 e. The van der Waals surface area contributed by atoms with Crippen molar-refractivity contribution in [2.45, 2.75) is 106 Å². The number of ether oxygens (including phenoxy) is 1. The first-order chi connectivity index (χ1) is 17.1. The Kier molecular flexibility index (Phi) is 6.95. The molecule has 2 saturated carbocycles. The van der Waals surface area contributed by atoms with Crippen LogP contribution in [0.3, 0.4) is 0 Å². The Morgan fingerprint density at radius 2 is 1.78 bits per heavy atom. The predicted octanol–water partition coefficient (Wildman–Crippen LogP) is 7.07. The summed E-state index contributed by atoms with van der Waals surface area (Å²) in [7, 11) is 0. The average molecular weight is 511 g/mol. The summed E-state index contributed by atoms with van der Waals surface area (Å²) in [4.78, 5) is 37.8. The van der Waals surface area contributed by atoms with E-state index in [1.807, 2.05) is 13.8 Å². The maximum absolute atomic E-state index is 12.9. The molecule has 5 heteroatoms. The van der Waals surface area contributed by atoms with Crippen molar-refractivity contribution in [3.8, 4) is 0 Å². The van der Waals surface area contributed by atoms with Crippen molar-refractivity contribution in [1.82, 2.24) is 0 Å². The van der Waals surface area contributed by atoms with E-state index in [0.717, 1.165) is 19.3 Å². The van der Waals surface area contributed by atoms with Gasteiger partial charge in [-0.25, -0.2) is 0 Å². The SMILES string of the molecule is CC(=O)O[C@@H]1C[C@@]2(C)C3=CC[C@H]4C(C)(C)C(=O)CC[C@]4(C)C3=CC[C@]2(C)[C@H]1[C@@H](CCC=C(C)C)C(=O)O. The van der Waals surface area contributed by atoms with Crippen LogP contribution in [0.1, 0.15) is 100 Å². The molecule has 0 aromatic heterocycles. The lowest BCUT2D eigenvalue weighted by Crippen LogP contribution is -2.53. The van der Waals surface area contributed by atoms with Crippen LogP contribution in [0.2, 0.25) is 0 Å². The summed E-state index contributed by atoms with van der Waals surface area (Å²) in [6.45, 7) is 16.6. The molecule has 4 aliphatic rings. The Bertz CT molecular complexity index is 1090. The van der Waals surface area contributed by atoms with Crippen LogP contribution < -0.4 is 0 Å². The quantitative estimate of drug-likeness (QED) is 0.305. The monoisotopic (exact) mass is 510 g/mol. The third kappa shape index (κ3) is 4.15. The third-order valence-electron chi connectivity index (χ3n) is 11.1. The number of carbonyl (C=O) groups excluding carboxylic acids is 2. The van der Waals surface area contributed by atoms with Gasteiger partial charge >= 0.3 is 11.9 Å². The molecular formula is C32H46O5. The van der Waals surface area contributed by atoms with Gasteiger partial charge in [0.15, 0.2) is 0 Å². The topological polar surface area (TPSA) is 80.7 Å². The first kappa shape index (κ1) is 27.9. The molecule has 0 heterocycles. The Morgan fingerprint density at radius 3 is 2.38 bits per heavy atom. The van der Waals surface area contributed by atoms with Crippen molar-refractivity contribution in [3.63, 3.8) is 0 Å². The number of aliphatic carboxylic acids is 1. The molecule has 0 aromatic rings. The molecule has 1 N–H and O–H groups in total. The maximum Gasteiger partial charge on any atom is 0.306 e. The van der Waals surface area contributed by atoms with Crippen LogP contribution in [-0.4, -0.2) is 28.9 Å². The van der Waals surface area contributed by atoms with E-state index in [1.165, 1.54) is 23.6 Å². The lowest BCUT2D eigenvalue weighted by molar-refractivity contribution is -0.158. The van der Waals surface area contributed by atoms with Gasteiger partial charge in [0.1, 0.15) is 11.9 Å².